The van der Waals surface area contributed by atoms with Crippen LogP contribution in [0.4, 0.5) is 4.39 Å². The molecule has 0 amide bonds. The molecule has 146 valence electrons. The summed E-state index contributed by atoms with van der Waals surface area (Å²) in [5, 5.41) is 11.2. The SMILES string of the molecule is Fc1ccc(-n2c(SCc3ccc(Cl)cc3Cl)nnc2-c2ccc(Cl)cc2)cc1. The fourth-order valence-electron chi connectivity index (χ4n) is 2.75. The Kier molecular flexibility index (Phi) is 6.11. The van der Waals surface area contributed by atoms with Gasteiger partial charge in [0.25, 0.3) is 0 Å². The molecule has 0 atom stereocenters. The number of rotatable bonds is 5. The van der Waals surface area contributed by atoms with Gasteiger partial charge in [-0.3, -0.25) is 4.57 Å². The fraction of sp³-hybridized carbons (Fsp3) is 0.0476. The maximum Gasteiger partial charge on any atom is 0.196 e. The van der Waals surface area contributed by atoms with Gasteiger partial charge in [-0.25, -0.2) is 4.39 Å². The highest BCUT2D eigenvalue weighted by molar-refractivity contribution is 7.98. The number of aromatic nitrogens is 3. The second kappa shape index (κ2) is 8.76. The van der Waals surface area contributed by atoms with Crippen LogP contribution < -0.4 is 0 Å². The van der Waals surface area contributed by atoms with Gasteiger partial charge >= 0.3 is 0 Å². The molecule has 0 fully saturated rings. The molecule has 0 spiro atoms. The zero-order valence-corrected chi connectivity index (χ0v) is 17.9. The Morgan fingerprint density at radius 3 is 2.21 bits per heavy atom. The van der Waals surface area contributed by atoms with Crippen molar-refractivity contribution in [1.82, 2.24) is 14.8 Å². The van der Waals surface area contributed by atoms with E-state index in [1.54, 1.807) is 36.4 Å². The lowest BCUT2D eigenvalue weighted by molar-refractivity contribution is 0.627. The van der Waals surface area contributed by atoms with E-state index in [2.05, 4.69) is 10.2 Å². The van der Waals surface area contributed by atoms with Crippen LogP contribution in [0.5, 0.6) is 0 Å². The van der Waals surface area contributed by atoms with Crippen LogP contribution in [0.15, 0.2) is 71.9 Å². The minimum Gasteiger partial charge on any atom is -0.270 e. The molecule has 4 rings (SSSR count). The van der Waals surface area contributed by atoms with Gasteiger partial charge in [-0.1, -0.05) is 52.6 Å². The highest BCUT2D eigenvalue weighted by Crippen LogP contribution is 2.32. The molecule has 1 heterocycles. The molecule has 3 aromatic carbocycles. The van der Waals surface area contributed by atoms with Crippen LogP contribution in [0.25, 0.3) is 17.1 Å². The highest BCUT2D eigenvalue weighted by Gasteiger charge is 2.17. The van der Waals surface area contributed by atoms with Crippen LogP contribution >= 0.6 is 46.6 Å². The molecule has 0 saturated heterocycles. The lowest BCUT2D eigenvalue weighted by Gasteiger charge is -2.11. The standard InChI is InChI=1S/C21H13Cl3FN3S/c22-15-4-1-13(2-5-15)20-26-27-21(28(20)18-9-7-17(25)8-10-18)29-12-14-3-6-16(23)11-19(14)24/h1-11H,12H2. The molecule has 8 heteroatoms. The van der Waals surface area contributed by atoms with E-state index >= 15 is 0 Å². The van der Waals surface area contributed by atoms with Crippen LogP contribution in [-0.4, -0.2) is 14.8 Å². The summed E-state index contributed by atoms with van der Waals surface area (Å²) in [4.78, 5) is 0. The van der Waals surface area contributed by atoms with Gasteiger partial charge in [0.05, 0.1) is 0 Å². The maximum absolute atomic E-state index is 13.5. The van der Waals surface area contributed by atoms with Crippen molar-refractivity contribution < 1.29 is 4.39 Å². The van der Waals surface area contributed by atoms with Gasteiger partial charge in [0.15, 0.2) is 11.0 Å². The zero-order chi connectivity index (χ0) is 20.4. The van der Waals surface area contributed by atoms with E-state index in [-0.39, 0.29) is 5.82 Å². The Labute approximate surface area is 186 Å². The summed E-state index contributed by atoms with van der Waals surface area (Å²) in [5.41, 5.74) is 2.54. The zero-order valence-electron chi connectivity index (χ0n) is 14.8. The Morgan fingerprint density at radius 2 is 1.52 bits per heavy atom. The average molecular weight is 465 g/mol. The molecule has 0 radical (unpaired) electrons. The van der Waals surface area contributed by atoms with Gasteiger partial charge in [0.2, 0.25) is 0 Å². The Balaban J connectivity index is 1.73. The van der Waals surface area contributed by atoms with Gasteiger partial charge in [-0.2, -0.15) is 0 Å². The molecule has 3 nitrogen and oxygen atoms in total. The van der Waals surface area contributed by atoms with Crippen LogP contribution in [0, 0.1) is 5.82 Å². The molecule has 4 aromatic rings. The number of nitrogens with zero attached hydrogens (tertiary/aromatic N) is 3. The van der Waals surface area contributed by atoms with E-state index in [0.717, 1.165) is 16.8 Å². The van der Waals surface area contributed by atoms with Gasteiger partial charge in [-0.05, 0) is 66.2 Å². The molecule has 0 aliphatic carbocycles. The summed E-state index contributed by atoms with van der Waals surface area (Å²) in [6.45, 7) is 0. The molecular formula is C21H13Cl3FN3S. The number of hydrogen-bond acceptors (Lipinski definition) is 3. The highest BCUT2D eigenvalue weighted by atomic mass is 35.5. The largest absolute Gasteiger partial charge is 0.270 e. The minimum atomic E-state index is -0.308. The minimum absolute atomic E-state index is 0.308. The predicted molar refractivity (Wildman–Crippen MR) is 118 cm³/mol. The first kappa shape index (κ1) is 20.2. The van der Waals surface area contributed by atoms with Gasteiger partial charge in [-0.15, -0.1) is 10.2 Å². The van der Waals surface area contributed by atoms with Crippen LogP contribution in [0.2, 0.25) is 15.1 Å². The first-order valence-electron chi connectivity index (χ1n) is 8.55. The van der Waals surface area contributed by atoms with Gasteiger partial charge in [0, 0.05) is 32.1 Å². The molecule has 0 aliphatic rings. The molecule has 0 N–H and O–H groups in total. The quantitative estimate of drug-likeness (QED) is 0.290. The smallest absolute Gasteiger partial charge is 0.196 e. The van der Waals surface area contributed by atoms with Crippen molar-refractivity contribution in [3.8, 4) is 17.1 Å². The predicted octanol–water partition coefficient (Wildman–Crippen LogP) is 7.33. The summed E-state index contributed by atoms with van der Waals surface area (Å²) >= 11 is 19.8. The third-order valence-electron chi connectivity index (χ3n) is 4.19. The Morgan fingerprint density at radius 1 is 0.828 bits per heavy atom. The average Bonchev–Trinajstić information content (AvgIpc) is 3.12. The summed E-state index contributed by atoms with van der Waals surface area (Å²) in [6, 6.07) is 18.9. The number of thioether (sulfide) groups is 1. The third kappa shape index (κ3) is 4.59. The van der Waals surface area contributed by atoms with Crippen molar-refractivity contribution in [3.63, 3.8) is 0 Å². The van der Waals surface area contributed by atoms with Crippen molar-refractivity contribution >= 4 is 46.6 Å². The topological polar surface area (TPSA) is 30.7 Å². The van der Waals surface area contributed by atoms with Crippen molar-refractivity contribution in [2.24, 2.45) is 0 Å². The molecular weight excluding hydrogens is 452 g/mol. The van der Waals surface area contributed by atoms with E-state index in [0.29, 0.717) is 31.8 Å². The van der Waals surface area contributed by atoms with E-state index in [1.807, 2.05) is 22.8 Å². The second-order valence-corrected chi connectivity index (χ2v) is 8.37. The van der Waals surface area contributed by atoms with Crippen molar-refractivity contribution in [1.29, 1.82) is 0 Å². The monoisotopic (exact) mass is 463 g/mol. The number of hydrogen-bond donors (Lipinski definition) is 0. The number of halogens is 4. The molecule has 29 heavy (non-hydrogen) atoms. The third-order valence-corrected chi connectivity index (χ3v) is 6.01. The van der Waals surface area contributed by atoms with E-state index in [1.165, 1.54) is 23.9 Å². The van der Waals surface area contributed by atoms with Crippen molar-refractivity contribution in [2.75, 3.05) is 0 Å². The normalized spacial score (nSPS) is 11.0. The van der Waals surface area contributed by atoms with Crippen LogP contribution in [0.3, 0.4) is 0 Å². The lowest BCUT2D eigenvalue weighted by Crippen LogP contribution is -2.00. The van der Waals surface area contributed by atoms with Crippen LogP contribution in [0.1, 0.15) is 5.56 Å². The molecule has 0 saturated carbocycles. The first-order valence-corrected chi connectivity index (χ1v) is 10.7. The Hall–Kier alpha value is -2.05. The summed E-state index contributed by atoms with van der Waals surface area (Å²) in [5.74, 6) is 0.908. The van der Waals surface area contributed by atoms with E-state index < -0.39 is 0 Å². The summed E-state index contributed by atoms with van der Waals surface area (Å²) in [7, 11) is 0. The lowest BCUT2D eigenvalue weighted by atomic mass is 10.2. The Bertz CT molecular complexity index is 1150. The maximum atomic E-state index is 13.5. The summed E-state index contributed by atoms with van der Waals surface area (Å²) < 4.78 is 15.3. The van der Waals surface area contributed by atoms with E-state index in [4.69, 9.17) is 34.8 Å². The second-order valence-electron chi connectivity index (χ2n) is 6.15. The summed E-state index contributed by atoms with van der Waals surface area (Å²) in [6.07, 6.45) is 0. The molecule has 1 aromatic heterocycles. The van der Waals surface area contributed by atoms with Crippen molar-refractivity contribution in [2.45, 2.75) is 10.9 Å². The van der Waals surface area contributed by atoms with Gasteiger partial charge in [0.1, 0.15) is 5.82 Å². The van der Waals surface area contributed by atoms with Crippen LogP contribution in [-0.2, 0) is 5.75 Å². The fourth-order valence-corrected chi connectivity index (χ4v) is 4.39. The van der Waals surface area contributed by atoms with E-state index in [9.17, 15) is 4.39 Å². The van der Waals surface area contributed by atoms with Crippen molar-refractivity contribution in [3.05, 3.63) is 93.2 Å². The molecule has 0 aliphatic heterocycles. The van der Waals surface area contributed by atoms with Gasteiger partial charge < -0.3 is 0 Å². The molecule has 0 unspecified atom stereocenters. The molecule has 0 bridgehead atoms. The number of benzene rings is 3. The first-order chi connectivity index (χ1) is 14.0.